The van der Waals surface area contributed by atoms with Crippen molar-refractivity contribution in [1.82, 2.24) is 31.9 Å². The Morgan fingerprint density at radius 2 is 1.04 bits per heavy atom. The summed E-state index contributed by atoms with van der Waals surface area (Å²) >= 11 is 4.08. The van der Waals surface area contributed by atoms with Crippen LogP contribution in [0.2, 0.25) is 0 Å². The van der Waals surface area contributed by atoms with Gasteiger partial charge in [0.05, 0.1) is 6.54 Å². The van der Waals surface area contributed by atoms with Crippen molar-refractivity contribution in [3.05, 3.63) is 0 Å². The first kappa shape index (κ1) is 51.6. The summed E-state index contributed by atoms with van der Waals surface area (Å²) < 4.78 is 0. The van der Waals surface area contributed by atoms with Gasteiger partial charge in [0.15, 0.2) is 11.9 Å². The lowest BCUT2D eigenvalue weighted by molar-refractivity contribution is -0.143. The van der Waals surface area contributed by atoms with Gasteiger partial charge in [0.1, 0.15) is 36.3 Å². The van der Waals surface area contributed by atoms with Crippen molar-refractivity contribution in [2.75, 3.05) is 25.4 Å². The zero-order valence-corrected chi connectivity index (χ0v) is 33.7. The third-order valence-corrected chi connectivity index (χ3v) is 8.39. The van der Waals surface area contributed by atoms with Crippen LogP contribution < -0.4 is 60.6 Å². The molecule has 0 aromatic carbocycles. The van der Waals surface area contributed by atoms with Gasteiger partial charge < -0.3 is 70.8 Å². The molecule has 0 aliphatic heterocycles. The van der Waals surface area contributed by atoms with Gasteiger partial charge in [0.2, 0.25) is 35.4 Å². The molecule has 0 aliphatic carbocycles. The fraction of sp³-hybridized carbons (Fsp3) is 0.697. The number of guanidine groups is 2. The summed E-state index contributed by atoms with van der Waals surface area (Å²) in [5, 5.41) is 33.9. The number of aliphatic carboxylic acids is 2. The van der Waals surface area contributed by atoms with Gasteiger partial charge in [-0.05, 0) is 50.4 Å². The second-order valence-corrected chi connectivity index (χ2v) is 14.1. The maximum absolute atomic E-state index is 13.7. The third kappa shape index (κ3) is 22.1. The number of nitrogens with zero attached hydrogens (tertiary/aromatic N) is 2. The van der Waals surface area contributed by atoms with E-state index in [1.807, 2.05) is 0 Å². The molecule has 57 heavy (non-hydrogen) atoms. The summed E-state index contributed by atoms with van der Waals surface area (Å²) in [6.07, 6.45) is -0.676. The summed E-state index contributed by atoms with van der Waals surface area (Å²) in [4.78, 5) is 110. The number of carboxylic acid groups (broad SMARTS) is 2. The minimum atomic E-state index is -1.54. The molecule has 0 rings (SSSR count). The van der Waals surface area contributed by atoms with Gasteiger partial charge in [0, 0.05) is 25.3 Å². The molecule has 0 unspecified atom stereocenters. The number of aliphatic imine (C=N–C) groups is 2. The number of carbonyl (C=O) groups is 8. The molecule has 0 saturated carbocycles. The smallest absolute Gasteiger partial charge is 0.326 e. The van der Waals surface area contributed by atoms with E-state index in [0.717, 1.165) is 0 Å². The second-order valence-electron chi connectivity index (χ2n) is 13.8. The Balaban J connectivity index is 6.32. The van der Waals surface area contributed by atoms with Crippen molar-refractivity contribution < 1.29 is 48.6 Å². The summed E-state index contributed by atoms with van der Waals surface area (Å²) in [7, 11) is 0. The Bertz CT molecular complexity index is 1440. The molecule has 18 N–H and O–H groups in total. The van der Waals surface area contributed by atoms with Gasteiger partial charge in [-0.1, -0.05) is 27.7 Å². The van der Waals surface area contributed by atoms with E-state index in [0.29, 0.717) is 0 Å². The Morgan fingerprint density at radius 1 is 0.596 bits per heavy atom. The molecule has 0 aromatic rings. The Morgan fingerprint density at radius 3 is 1.46 bits per heavy atom. The SMILES string of the molecule is CC(C)C[C@H](NC(=O)[C@H](CCC(=O)O)NC(=O)[C@H](CCCN=C(N)N)NC(=O)[C@H](CS)NC(=O)CN)C(=O)N[C@H](C(=O)N[C@@H](CCCN=C(N)N)C(=O)O)C(C)C. The number of hydrogen-bond acceptors (Lipinski definition) is 12. The van der Waals surface area contributed by atoms with Crippen molar-refractivity contribution in [2.24, 2.45) is 50.5 Å². The van der Waals surface area contributed by atoms with E-state index in [-0.39, 0.29) is 68.8 Å². The Hall–Kier alpha value is -5.39. The average molecular weight is 832 g/mol. The maximum Gasteiger partial charge on any atom is 0.326 e. The number of nitrogens with two attached hydrogens (primary N) is 5. The van der Waals surface area contributed by atoms with Crippen LogP contribution in [-0.2, 0) is 38.4 Å². The fourth-order valence-corrected chi connectivity index (χ4v) is 5.34. The number of carboxylic acids is 2. The molecule has 0 radical (unpaired) electrons. The van der Waals surface area contributed by atoms with Crippen LogP contribution in [0.15, 0.2) is 9.98 Å². The molecule has 324 valence electrons. The van der Waals surface area contributed by atoms with Crippen molar-refractivity contribution >= 4 is 71.9 Å². The molecule has 0 spiro atoms. The van der Waals surface area contributed by atoms with Crippen molar-refractivity contribution in [2.45, 2.75) is 109 Å². The second kappa shape index (κ2) is 27.2. The van der Waals surface area contributed by atoms with E-state index < -0.39 is 109 Å². The molecule has 24 heteroatoms. The van der Waals surface area contributed by atoms with E-state index in [1.54, 1.807) is 27.7 Å². The molecule has 0 saturated heterocycles. The lowest BCUT2D eigenvalue weighted by Crippen LogP contribution is -2.60. The standard InChI is InChI=1S/C33H61N13O10S/c1-16(2)13-21(28(52)46-25(17(3)4)30(54)44-20(31(55)56)8-6-12-40-33(37)38)45-27(51)19(9-10-24(48)49)43-26(50)18(7-5-11-39-32(35)36)42-29(53)22(15-57)41-23(47)14-34/h16-22,25,57H,5-15,34H2,1-4H3,(H,41,47)(H,42,53)(H,43,50)(H,44,54)(H,45,51)(H,46,52)(H,48,49)(H,55,56)(H4,35,36,39)(H4,37,38,40)/t18-,19-,20-,21-,22-,25-/m0/s1. The molecule has 0 fully saturated rings. The summed E-state index contributed by atoms with van der Waals surface area (Å²) in [6.45, 7) is 6.50. The summed E-state index contributed by atoms with van der Waals surface area (Å²) in [5.74, 6) is -8.86. The fourth-order valence-electron chi connectivity index (χ4n) is 5.09. The van der Waals surface area contributed by atoms with Gasteiger partial charge in [-0.2, -0.15) is 12.6 Å². The molecule has 23 nitrogen and oxygen atoms in total. The van der Waals surface area contributed by atoms with Crippen LogP contribution in [0, 0.1) is 11.8 Å². The number of thiol groups is 1. The van der Waals surface area contributed by atoms with Crippen molar-refractivity contribution in [1.29, 1.82) is 0 Å². The summed E-state index contributed by atoms with van der Waals surface area (Å²) in [5.41, 5.74) is 26.7. The monoisotopic (exact) mass is 831 g/mol. The van der Waals surface area contributed by atoms with Crippen LogP contribution in [0.1, 0.15) is 72.6 Å². The van der Waals surface area contributed by atoms with E-state index in [4.69, 9.17) is 28.7 Å². The quantitative estimate of drug-likeness (QED) is 0.0153. The van der Waals surface area contributed by atoms with E-state index in [9.17, 15) is 48.6 Å². The molecular formula is C33H61N13O10S. The predicted octanol–water partition coefficient (Wildman–Crippen LogP) is -4.46. The van der Waals surface area contributed by atoms with Gasteiger partial charge in [-0.25, -0.2) is 4.79 Å². The number of rotatable bonds is 28. The minimum absolute atomic E-state index is 0.0203. The van der Waals surface area contributed by atoms with Gasteiger partial charge in [-0.15, -0.1) is 0 Å². The van der Waals surface area contributed by atoms with Gasteiger partial charge >= 0.3 is 11.9 Å². The van der Waals surface area contributed by atoms with E-state index in [2.05, 4.69) is 54.5 Å². The Kier molecular flexibility index (Phi) is 24.7. The van der Waals surface area contributed by atoms with Crippen LogP contribution in [0.3, 0.4) is 0 Å². The normalized spacial score (nSPS) is 14.0. The number of nitrogens with one attached hydrogen (secondary N) is 6. The first-order valence-corrected chi connectivity index (χ1v) is 18.9. The number of hydrogen-bond donors (Lipinski definition) is 14. The third-order valence-electron chi connectivity index (χ3n) is 8.02. The Labute approximate surface area is 336 Å². The summed E-state index contributed by atoms with van der Waals surface area (Å²) in [6, 6.07) is -7.95. The van der Waals surface area contributed by atoms with Crippen LogP contribution in [0.25, 0.3) is 0 Å². The van der Waals surface area contributed by atoms with Crippen molar-refractivity contribution in [3.8, 4) is 0 Å². The highest BCUT2D eigenvalue weighted by Gasteiger charge is 2.34. The van der Waals surface area contributed by atoms with Gasteiger partial charge in [0.25, 0.3) is 0 Å². The number of amides is 6. The predicted molar refractivity (Wildman–Crippen MR) is 213 cm³/mol. The zero-order chi connectivity index (χ0) is 43.8. The first-order valence-electron chi connectivity index (χ1n) is 18.3. The molecule has 0 heterocycles. The van der Waals surface area contributed by atoms with Crippen LogP contribution in [-0.4, -0.2) is 131 Å². The van der Waals surface area contributed by atoms with Crippen molar-refractivity contribution in [3.63, 3.8) is 0 Å². The molecule has 0 aromatic heterocycles. The zero-order valence-electron chi connectivity index (χ0n) is 32.8. The molecule has 6 amide bonds. The molecular weight excluding hydrogens is 771 g/mol. The van der Waals surface area contributed by atoms with E-state index >= 15 is 0 Å². The molecule has 0 aliphatic rings. The van der Waals surface area contributed by atoms with E-state index in [1.165, 1.54) is 0 Å². The topological polar surface area (TPSA) is 404 Å². The lowest BCUT2D eigenvalue weighted by atomic mass is 9.99. The highest BCUT2D eigenvalue weighted by Crippen LogP contribution is 2.11. The molecule has 0 bridgehead atoms. The number of carbonyl (C=O) groups excluding carboxylic acids is 6. The first-order chi connectivity index (χ1) is 26.6. The highest BCUT2D eigenvalue weighted by molar-refractivity contribution is 7.80. The largest absolute Gasteiger partial charge is 0.481 e. The molecule has 6 atom stereocenters. The van der Waals surface area contributed by atoms with Gasteiger partial charge in [-0.3, -0.25) is 43.5 Å². The van der Waals surface area contributed by atoms with Crippen LogP contribution in [0.4, 0.5) is 0 Å². The minimum Gasteiger partial charge on any atom is -0.481 e. The lowest BCUT2D eigenvalue weighted by Gasteiger charge is -2.29. The van der Waals surface area contributed by atoms with Crippen LogP contribution >= 0.6 is 12.6 Å². The van der Waals surface area contributed by atoms with Crippen LogP contribution in [0.5, 0.6) is 0 Å². The average Bonchev–Trinajstić information content (AvgIpc) is 3.11. The maximum atomic E-state index is 13.7. The highest BCUT2D eigenvalue weighted by atomic mass is 32.1.